The standard InChI is InChI=1S/C16H24N4O2/c17-16(4-1-2-5-16)15(21)19-12-13-3-6-18-14(11-13)20-7-9-22-10-8-20/h3,6,11H,1-2,4-5,7-10,12,17H2,(H,19,21). The molecule has 0 spiro atoms. The number of hydrogen-bond donors (Lipinski definition) is 2. The highest BCUT2D eigenvalue weighted by Crippen LogP contribution is 2.27. The number of nitrogens with one attached hydrogen (secondary N) is 1. The van der Waals surface area contributed by atoms with Crippen LogP contribution < -0.4 is 16.0 Å². The molecule has 2 aliphatic rings. The fraction of sp³-hybridized carbons (Fsp3) is 0.625. The van der Waals surface area contributed by atoms with E-state index in [1.54, 1.807) is 6.20 Å². The first kappa shape index (κ1) is 15.2. The first-order valence-electron chi connectivity index (χ1n) is 8.02. The molecule has 1 amide bonds. The van der Waals surface area contributed by atoms with Crippen molar-refractivity contribution in [3.63, 3.8) is 0 Å². The van der Waals surface area contributed by atoms with Gasteiger partial charge in [0.05, 0.1) is 18.8 Å². The number of ether oxygens (including phenoxy) is 1. The van der Waals surface area contributed by atoms with E-state index in [0.29, 0.717) is 6.54 Å². The van der Waals surface area contributed by atoms with Crippen LogP contribution in [0.3, 0.4) is 0 Å². The van der Waals surface area contributed by atoms with Crippen LogP contribution in [-0.2, 0) is 16.1 Å². The highest BCUT2D eigenvalue weighted by atomic mass is 16.5. The first-order chi connectivity index (χ1) is 10.7. The molecule has 6 nitrogen and oxygen atoms in total. The molecule has 22 heavy (non-hydrogen) atoms. The molecular weight excluding hydrogens is 280 g/mol. The molecule has 1 saturated heterocycles. The highest BCUT2D eigenvalue weighted by molar-refractivity contribution is 5.86. The Labute approximate surface area is 131 Å². The molecule has 1 aromatic rings. The summed E-state index contributed by atoms with van der Waals surface area (Å²) in [5, 5.41) is 2.98. The minimum atomic E-state index is -0.667. The van der Waals surface area contributed by atoms with Gasteiger partial charge in [0.1, 0.15) is 5.82 Å². The number of morpholine rings is 1. The summed E-state index contributed by atoms with van der Waals surface area (Å²) in [5.41, 5.74) is 6.55. The number of nitrogens with zero attached hydrogens (tertiary/aromatic N) is 2. The molecule has 0 aromatic carbocycles. The zero-order valence-corrected chi connectivity index (χ0v) is 12.9. The van der Waals surface area contributed by atoms with Crippen LogP contribution in [0.2, 0.25) is 0 Å². The quantitative estimate of drug-likeness (QED) is 0.860. The maximum Gasteiger partial charge on any atom is 0.240 e. The van der Waals surface area contributed by atoms with Gasteiger partial charge in [-0.05, 0) is 30.5 Å². The summed E-state index contributed by atoms with van der Waals surface area (Å²) in [6.07, 6.45) is 5.45. The van der Waals surface area contributed by atoms with Gasteiger partial charge in [-0.2, -0.15) is 0 Å². The Kier molecular flexibility index (Phi) is 4.59. The van der Waals surface area contributed by atoms with Gasteiger partial charge in [-0.15, -0.1) is 0 Å². The van der Waals surface area contributed by atoms with Crippen molar-refractivity contribution in [3.8, 4) is 0 Å². The molecule has 0 bridgehead atoms. The number of aromatic nitrogens is 1. The number of nitrogens with two attached hydrogens (primary N) is 1. The van der Waals surface area contributed by atoms with Crippen LogP contribution in [0.1, 0.15) is 31.2 Å². The van der Waals surface area contributed by atoms with Crippen LogP contribution in [0.15, 0.2) is 18.3 Å². The second-order valence-corrected chi connectivity index (χ2v) is 6.17. The molecule has 3 N–H and O–H groups in total. The first-order valence-corrected chi connectivity index (χ1v) is 8.02. The number of carbonyl (C=O) groups is 1. The van der Waals surface area contributed by atoms with Crippen molar-refractivity contribution in [2.45, 2.75) is 37.8 Å². The van der Waals surface area contributed by atoms with E-state index in [1.807, 2.05) is 12.1 Å². The Balaban J connectivity index is 1.59. The Bertz CT molecular complexity index is 523. The molecule has 120 valence electrons. The largest absolute Gasteiger partial charge is 0.378 e. The van der Waals surface area contributed by atoms with E-state index in [0.717, 1.165) is 63.4 Å². The summed E-state index contributed by atoms with van der Waals surface area (Å²) in [7, 11) is 0. The minimum Gasteiger partial charge on any atom is -0.378 e. The third-order valence-corrected chi connectivity index (χ3v) is 4.55. The molecular formula is C16H24N4O2. The second kappa shape index (κ2) is 6.62. The molecule has 0 radical (unpaired) electrons. The SMILES string of the molecule is NC1(C(=O)NCc2ccnc(N3CCOCC3)c2)CCCC1. The molecule has 2 heterocycles. The lowest BCUT2D eigenvalue weighted by Gasteiger charge is -2.28. The normalized spacial score (nSPS) is 20.9. The van der Waals surface area contributed by atoms with Crippen molar-refractivity contribution in [1.82, 2.24) is 10.3 Å². The van der Waals surface area contributed by atoms with Crippen molar-refractivity contribution >= 4 is 11.7 Å². The Morgan fingerprint density at radius 2 is 2.09 bits per heavy atom. The fourth-order valence-electron chi connectivity index (χ4n) is 3.13. The van der Waals surface area contributed by atoms with E-state index < -0.39 is 5.54 Å². The van der Waals surface area contributed by atoms with Crippen LogP contribution in [-0.4, -0.2) is 42.7 Å². The van der Waals surface area contributed by atoms with E-state index in [-0.39, 0.29) is 5.91 Å². The summed E-state index contributed by atoms with van der Waals surface area (Å²) in [6, 6.07) is 3.96. The second-order valence-electron chi connectivity index (χ2n) is 6.17. The number of pyridine rings is 1. The monoisotopic (exact) mass is 304 g/mol. The summed E-state index contributed by atoms with van der Waals surface area (Å²) in [4.78, 5) is 18.9. The third-order valence-electron chi connectivity index (χ3n) is 4.55. The predicted molar refractivity (Wildman–Crippen MR) is 84.5 cm³/mol. The lowest BCUT2D eigenvalue weighted by Crippen LogP contribution is -2.51. The maximum absolute atomic E-state index is 12.2. The van der Waals surface area contributed by atoms with Crippen LogP contribution >= 0.6 is 0 Å². The van der Waals surface area contributed by atoms with Crippen LogP contribution in [0.25, 0.3) is 0 Å². The van der Waals surface area contributed by atoms with E-state index >= 15 is 0 Å². The van der Waals surface area contributed by atoms with Crippen molar-refractivity contribution in [3.05, 3.63) is 23.9 Å². The van der Waals surface area contributed by atoms with Crippen molar-refractivity contribution in [1.29, 1.82) is 0 Å². The summed E-state index contributed by atoms with van der Waals surface area (Å²) >= 11 is 0. The molecule has 3 rings (SSSR count). The van der Waals surface area contributed by atoms with Crippen molar-refractivity contribution in [2.24, 2.45) is 5.73 Å². The van der Waals surface area contributed by atoms with Gasteiger partial charge in [0, 0.05) is 25.8 Å². The number of amides is 1. The van der Waals surface area contributed by atoms with Crippen molar-refractivity contribution in [2.75, 3.05) is 31.2 Å². The van der Waals surface area contributed by atoms with Crippen LogP contribution in [0, 0.1) is 0 Å². The molecule has 1 aromatic heterocycles. The Hall–Kier alpha value is -1.66. The summed E-state index contributed by atoms with van der Waals surface area (Å²) < 4.78 is 5.36. The van der Waals surface area contributed by atoms with Crippen molar-refractivity contribution < 1.29 is 9.53 Å². The fourth-order valence-corrected chi connectivity index (χ4v) is 3.13. The number of anilines is 1. The topological polar surface area (TPSA) is 80.5 Å². The average molecular weight is 304 g/mol. The minimum absolute atomic E-state index is 0.0327. The van der Waals surface area contributed by atoms with Gasteiger partial charge in [-0.1, -0.05) is 12.8 Å². The van der Waals surface area contributed by atoms with Gasteiger partial charge in [0.25, 0.3) is 0 Å². The molecule has 0 atom stereocenters. The molecule has 2 fully saturated rings. The summed E-state index contributed by atoms with van der Waals surface area (Å²) in [6.45, 7) is 3.68. The zero-order chi connectivity index (χ0) is 15.4. The van der Waals surface area contributed by atoms with Gasteiger partial charge < -0.3 is 20.7 Å². The van der Waals surface area contributed by atoms with Gasteiger partial charge >= 0.3 is 0 Å². The van der Waals surface area contributed by atoms with Gasteiger partial charge in [0.2, 0.25) is 5.91 Å². The molecule has 0 unspecified atom stereocenters. The van der Waals surface area contributed by atoms with E-state index in [2.05, 4.69) is 15.2 Å². The molecule has 6 heteroatoms. The predicted octanol–water partition coefficient (Wildman–Crippen LogP) is 0.806. The van der Waals surface area contributed by atoms with E-state index in [1.165, 1.54) is 0 Å². The molecule has 1 aliphatic carbocycles. The summed E-state index contributed by atoms with van der Waals surface area (Å²) in [5.74, 6) is 0.910. The number of carbonyl (C=O) groups excluding carboxylic acids is 1. The Morgan fingerprint density at radius 1 is 1.36 bits per heavy atom. The van der Waals surface area contributed by atoms with E-state index in [9.17, 15) is 4.79 Å². The zero-order valence-electron chi connectivity index (χ0n) is 12.9. The lowest BCUT2D eigenvalue weighted by molar-refractivity contribution is -0.126. The number of hydrogen-bond acceptors (Lipinski definition) is 5. The van der Waals surface area contributed by atoms with Crippen LogP contribution in [0.5, 0.6) is 0 Å². The molecule has 1 saturated carbocycles. The molecule has 1 aliphatic heterocycles. The highest BCUT2D eigenvalue weighted by Gasteiger charge is 2.36. The van der Waals surface area contributed by atoms with Gasteiger partial charge in [-0.25, -0.2) is 4.98 Å². The Morgan fingerprint density at radius 3 is 2.82 bits per heavy atom. The van der Waals surface area contributed by atoms with Gasteiger partial charge in [-0.3, -0.25) is 4.79 Å². The maximum atomic E-state index is 12.2. The smallest absolute Gasteiger partial charge is 0.240 e. The number of rotatable bonds is 4. The average Bonchev–Trinajstić information content (AvgIpc) is 3.02. The lowest BCUT2D eigenvalue weighted by atomic mass is 9.98. The van der Waals surface area contributed by atoms with Gasteiger partial charge in [0.15, 0.2) is 0 Å². The van der Waals surface area contributed by atoms with E-state index in [4.69, 9.17) is 10.5 Å². The van der Waals surface area contributed by atoms with Crippen LogP contribution in [0.4, 0.5) is 5.82 Å². The third kappa shape index (κ3) is 3.39.